The number of nitrogens with zero attached hydrogens (tertiary/aromatic N) is 1. The molecule has 7 nitrogen and oxygen atoms in total. The van der Waals surface area contributed by atoms with Gasteiger partial charge in [-0.25, -0.2) is 13.4 Å². The first-order valence-corrected chi connectivity index (χ1v) is 10.7. The number of amides is 1. The molecule has 1 saturated carbocycles. The lowest BCUT2D eigenvalue weighted by atomic mass is 10.1. The van der Waals surface area contributed by atoms with Crippen molar-refractivity contribution in [2.24, 2.45) is 5.41 Å². The predicted octanol–water partition coefficient (Wildman–Crippen LogP) is 1.78. The molecule has 138 valence electrons. The van der Waals surface area contributed by atoms with Crippen LogP contribution in [0.15, 0.2) is 34.5 Å². The highest BCUT2D eigenvalue weighted by molar-refractivity contribution is 7.90. The van der Waals surface area contributed by atoms with E-state index in [2.05, 4.69) is 10.3 Å². The number of ether oxygens (including phenoxy) is 1. The molecule has 3 rings (SSSR count). The maximum Gasteiger partial charge on any atom is 0.322 e. The van der Waals surface area contributed by atoms with Gasteiger partial charge < -0.3 is 10.1 Å². The van der Waals surface area contributed by atoms with Crippen molar-refractivity contribution in [1.82, 2.24) is 10.3 Å². The molecule has 1 fully saturated rings. The molecule has 1 aromatic carbocycles. The van der Waals surface area contributed by atoms with Gasteiger partial charge in [0.25, 0.3) is 0 Å². The van der Waals surface area contributed by atoms with Crippen LogP contribution in [0.5, 0.6) is 0 Å². The van der Waals surface area contributed by atoms with E-state index in [1.165, 1.54) is 30.5 Å². The van der Waals surface area contributed by atoms with Crippen molar-refractivity contribution in [3.05, 3.63) is 35.3 Å². The van der Waals surface area contributed by atoms with Crippen LogP contribution in [0.4, 0.5) is 0 Å². The number of benzene rings is 1. The minimum atomic E-state index is -3.24. The van der Waals surface area contributed by atoms with Crippen LogP contribution < -0.4 is 5.32 Å². The summed E-state index contributed by atoms with van der Waals surface area (Å²) in [6.07, 6.45) is 2.16. The number of carbonyl (C=O) groups is 2. The average Bonchev–Trinajstić information content (AvgIpc) is 3.30. The van der Waals surface area contributed by atoms with Gasteiger partial charge >= 0.3 is 5.97 Å². The van der Waals surface area contributed by atoms with Crippen LogP contribution in [0.2, 0.25) is 0 Å². The number of esters is 1. The SMILES string of the molecule is CNC(=O)C1(C(=O)OCc2csc(-c3ccc(S(C)(=O)=O)cc3)n2)CC1. The number of aromatic nitrogens is 1. The van der Waals surface area contributed by atoms with Gasteiger partial charge in [-0.3, -0.25) is 9.59 Å². The van der Waals surface area contributed by atoms with E-state index in [0.717, 1.165) is 11.8 Å². The Morgan fingerprint density at radius 1 is 1.27 bits per heavy atom. The van der Waals surface area contributed by atoms with Crippen LogP contribution in [0.25, 0.3) is 10.6 Å². The Balaban J connectivity index is 1.65. The Kier molecular flexibility index (Phi) is 4.85. The molecule has 2 aromatic rings. The fourth-order valence-electron chi connectivity index (χ4n) is 2.52. The topological polar surface area (TPSA) is 102 Å². The molecule has 1 aliphatic rings. The summed E-state index contributed by atoms with van der Waals surface area (Å²) in [7, 11) is -1.74. The van der Waals surface area contributed by atoms with Crippen molar-refractivity contribution in [2.45, 2.75) is 24.3 Å². The van der Waals surface area contributed by atoms with Gasteiger partial charge in [-0.15, -0.1) is 11.3 Å². The summed E-state index contributed by atoms with van der Waals surface area (Å²) in [5.74, 6) is -0.837. The summed E-state index contributed by atoms with van der Waals surface area (Å²) in [5.41, 5.74) is 0.331. The van der Waals surface area contributed by atoms with E-state index in [0.29, 0.717) is 23.5 Å². The quantitative estimate of drug-likeness (QED) is 0.592. The Morgan fingerprint density at radius 3 is 2.46 bits per heavy atom. The molecule has 0 aliphatic heterocycles. The summed E-state index contributed by atoms with van der Waals surface area (Å²) in [6.45, 7) is -0.00446. The molecule has 1 aliphatic carbocycles. The zero-order valence-electron chi connectivity index (χ0n) is 14.3. The lowest BCUT2D eigenvalue weighted by Crippen LogP contribution is -2.35. The highest BCUT2D eigenvalue weighted by Gasteiger charge is 2.57. The standard InChI is InChI=1S/C17H18N2O5S2/c1-18-15(20)17(7-8-17)16(21)24-9-12-10-25-14(19-12)11-3-5-13(6-4-11)26(2,22)23/h3-6,10H,7-9H2,1-2H3,(H,18,20). The van der Waals surface area contributed by atoms with Gasteiger partial charge in [0.2, 0.25) is 5.91 Å². The molecule has 9 heteroatoms. The van der Waals surface area contributed by atoms with Crippen molar-refractivity contribution < 1.29 is 22.7 Å². The van der Waals surface area contributed by atoms with E-state index in [1.807, 2.05) is 0 Å². The highest BCUT2D eigenvalue weighted by atomic mass is 32.2. The molecule has 26 heavy (non-hydrogen) atoms. The molecule has 0 radical (unpaired) electrons. The zero-order valence-corrected chi connectivity index (χ0v) is 15.9. The van der Waals surface area contributed by atoms with Crippen molar-refractivity contribution in [3.8, 4) is 10.6 Å². The monoisotopic (exact) mass is 394 g/mol. The second kappa shape index (κ2) is 6.81. The van der Waals surface area contributed by atoms with Gasteiger partial charge in [-0.05, 0) is 25.0 Å². The van der Waals surface area contributed by atoms with Crippen LogP contribution in [0.1, 0.15) is 18.5 Å². The van der Waals surface area contributed by atoms with Gasteiger partial charge in [-0.2, -0.15) is 0 Å². The van der Waals surface area contributed by atoms with Gasteiger partial charge in [0.05, 0.1) is 10.6 Å². The first-order chi connectivity index (χ1) is 12.3. The van der Waals surface area contributed by atoms with Gasteiger partial charge in [0, 0.05) is 24.2 Å². The Bertz CT molecular complexity index is 944. The second-order valence-electron chi connectivity index (χ2n) is 6.18. The third-order valence-corrected chi connectivity index (χ3v) is 6.30. The molecule has 1 amide bonds. The summed E-state index contributed by atoms with van der Waals surface area (Å²) in [6, 6.07) is 6.45. The van der Waals surface area contributed by atoms with E-state index < -0.39 is 21.2 Å². The number of carbonyl (C=O) groups excluding carboxylic acids is 2. The highest BCUT2D eigenvalue weighted by Crippen LogP contribution is 2.47. The van der Waals surface area contributed by atoms with Crippen LogP contribution in [-0.4, -0.2) is 38.6 Å². The Labute approximate surface area is 155 Å². The third-order valence-electron chi connectivity index (χ3n) is 4.23. The normalized spacial score (nSPS) is 15.3. The minimum Gasteiger partial charge on any atom is -0.458 e. The average molecular weight is 394 g/mol. The van der Waals surface area contributed by atoms with E-state index in [1.54, 1.807) is 17.5 Å². The van der Waals surface area contributed by atoms with Crippen LogP contribution in [0, 0.1) is 5.41 Å². The molecule has 0 unspecified atom stereocenters. The first-order valence-electron chi connectivity index (χ1n) is 7.90. The molecule has 0 saturated heterocycles. The summed E-state index contributed by atoms with van der Waals surface area (Å²) in [4.78, 5) is 28.6. The van der Waals surface area contributed by atoms with E-state index in [9.17, 15) is 18.0 Å². The van der Waals surface area contributed by atoms with Crippen molar-refractivity contribution in [2.75, 3.05) is 13.3 Å². The summed E-state index contributed by atoms with van der Waals surface area (Å²) >= 11 is 1.37. The number of thiazole rings is 1. The number of nitrogens with one attached hydrogen (secondary N) is 1. The lowest BCUT2D eigenvalue weighted by molar-refractivity contribution is -0.155. The summed E-state index contributed by atoms with van der Waals surface area (Å²) in [5, 5.41) is 4.96. The number of sulfone groups is 1. The van der Waals surface area contributed by atoms with E-state index in [4.69, 9.17) is 4.74 Å². The molecule has 0 spiro atoms. The molecule has 1 N–H and O–H groups in total. The Morgan fingerprint density at radius 2 is 1.92 bits per heavy atom. The molecule has 0 bridgehead atoms. The van der Waals surface area contributed by atoms with Crippen LogP contribution >= 0.6 is 11.3 Å². The molecular formula is C17H18N2O5S2. The Hall–Kier alpha value is -2.26. The number of hydrogen-bond acceptors (Lipinski definition) is 7. The fourth-order valence-corrected chi connectivity index (χ4v) is 3.96. The molecule has 1 heterocycles. The molecule has 1 aromatic heterocycles. The van der Waals surface area contributed by atoms with E-state index in [-0.39, 0.29) is 17.4 Å². The fraction of sp³-hybridized carbons (Fsp3) is 0.353. The molecular weight excluding hydrogens is 376 g/mol. The third kappa shape index (κ3) is 3.63. The van der Waals surface area contributed by atoms with Crippen molar-refractivity contribution in [1.29, 1.82) is 0 Å². The number of hydrogen-bond donors (Lipinski definition) is 1. The van der Waals surface area contributed by atoms with Gasteiger partial charge in [-0.1, -0.05) is 12.1 Å². The smallest absolute Gasteiger partial charge is 0.322 e. The lowest BCUT2D eigenvalue weighted by Gasteiger charge is -2.11. The largest absolute Gasteiger partial charge is 0.458 e. The first kappa shape index (κ1) is 18.5. The van der Waals surface area contributed by atoms with Crippen LogP contribution in [-0.2, 0) is 30.8 Å². The van der Waals surface area contributed by atoms with Crippen LogP contribution in [0.3, 0.4) is 0 Å². The van der Waals surface area contributed by atoms with Gasteiger partial charge in [0.1, 0.15) is 17.0 Å². The minimum absolute atomic E-state index is 0.00446. The predicted molar refractivity (Wildman–Crippen MR) is 96.2 cm³/mol. The van der Waals surface area contributed by atoms with Gasteiger partial charge in [0.15, 0.2) is 9.84 Å². The second-order valence-corrected chi connectivity index (χ2v) is 9.05. The number of rotatable bonds is 6. The van der Waals surface area contributed by atoms with Crippen molar-refractivity contribution in [3.63, 3.8) is 0 Å². The maximum absolute atomic E-state index is 12.1. The zero-order chi connectivity index (χ0) is 18.9. The van der Waals surface area contributed by atoms with E-state index >= 15 is 0 Å². The maximum atomic E-state index is 12.1. The van der Waals surface area contributed by atoms with Crippen molar-refractivity contribution >= 4 is 33.1 Å². The molecule has 0 atom stereocenters. The summed E-state index contributed by atoms with van der Waals surface area (Å²) < 4.78 is 28.3.